The zero-order valence-corrected chi connectivity index (χ0v) is 20.6. The number of carbonyl (C=O) groups excluding carboxylic acids is 1. The minimum Gasteiger partial charge on any atom is -0.351 e. The normalized spacial score (nSPS) is 11.6. The molecule has 8 heteroatoms. The molecule has 0 spiro atoms. The van der Waals surface area contributed by atoms with Crippen LogP contribution in [0.3, 0.4) is 0 Å². The number of nitrogens with zero attached hydrogens (tertiary/aromatic N) is 2. The molecule has 0 radical (unpaired) electrons. The van der Waals surface area contributed by atoms with Crippen molar-refractivity contribution in [3.8, 4) is 28.2 Å². The molecule has 0 aliphatic rings. The van der Waals surface area contributed by atoms with E-state index in [9.17, 15) is 18.0 Å². The van der Waals surface area contributed by atoms with E-state index in [1.165, 1.54) is 12.1 Å². The van der Waals surface area contributed by atoms with Gasteiger partial charge in [0.15, 0.2) is 0 Å². The highest BCUT2D eigenvalue weighted by Gasteiger charge is 2.34. The lowest BCUT2D eigenvalue weighted by Crippen LogP contribution is -2.31. The van der Waals surface area contributed by atoms with Crippen LogP contribution in [0.2, 0.25) is 5.02 Å². The van der Waals surface area contributed by atoms with Crippen molar-refractivity contribution in [3.05, 3.63) is 101 Å². The van der Waals surface area contributed by atoms with E-state index in [0.717, 1.165) is 6.07 Å². The third-order valence-electron chi connectivity index (χ3n) is 5.74. The third-order valence-corrected chi connectivity index (χ3v) is 5.97. The van der Waals surface area contributed by atoms with Crippen LogP contribution in [-0.2, 0) is 6.18 Å². The zero-order valence-electron chi connectivity index (χ0n) is 19.8. The van der Waals surface area contributed by atoms with E-state index in [1.54, 1.807) is 71.3 Å². The second-order valence-electron chi connectivity index (χ2n) is 8.60. The number of nitrogens with one attached hydrogen (secondary N) is 1. The lowest BCUT2D eigenvalue weighted by atomic mass is 10.1. The van der Waals surface area contributed by atoms with Gasteiger partial charge < -0.3 is 14.8 Å². The molecule has 0 bridgehead atoms. The Balaban J connectivity index is 1.80. The first kappa shape index (κ1) is 25.5. The van der Waals surface area contributed by atoms with E-state index < -0.39 is 11.7 Å². The topological polar surface area (TPSA) is 37.3 Å². The third kappa shape index (κ3) is 5.64. The van der Waals surface area contributed by atoms with Gasteiger partial charge in [0, 0.05) is 23.7 Å². The number of para-hydroxylation sites is 1. The summed E-state index contributed by atoms with van der Waals surface area (Å²) in [7, 11) is 3.84. The van der Waals surface area contributed by atoms with Gasteiger partial charge in [-0.1, -0.05) is 48.0 Å². The predicted octanol–water partition coefficient (Wildman–Crippen LogP) is 6.77. The lowest BCUT2D eigenvalue weighted by molar-refractivity contribution is -0.137. The van der Waals surface area contributed by atoms with Gasteiger partial charge in [-0.05, 0) is 73.8 Å². The predicted molar refractivity (Wildman–Crippen MR) is 138 cm³/mol. The molecule has 4 nitrogen and oxygen atoms in total. The van der Waals surface area contributed by atoms with Crippen LogP contribution in [0.5, 0.6) is 0 Å². The Labute approximate surface area is 212 Å². The maximum Gasteiger partial charge on any atom is 0.418 e. The summed E-state index contributed by atoms with van der Waals surface area (Å²) >= 11 is 6.19. The highest BCUT2D eigenvalue weighted by Crippen LogP contribution is 2.39. The minimum absolute atomic E-state index is 0.00507. The average molecular weight is 512 g/mol. The number of likely N-dealkylation sites (N-methyl/N-ethyl adjacent to an activating group) is 1. The average Bonchev–Trinajstić information content (AvgIpc) is 3.28. The molecule has 0 unspecified atom stereocenters. The molecule has 1 N–H and O–H groups in total. The molecule has 186 valence electrons. The number of hydrogen-bond acceptors (Lipinski definition) is 2. The Morgan fingerprint density at radius 1 is 0.889 bits per heavy atom. The summed E-state index contributed by atoms with van der Waals surface area (Å²) in [6.07, 6.45) is -4.54. The molecule has 1 amide bonds. The first-order chi connectivity index (χ1) is 17.1. The second kappa shape index (κ2) is 10.6. The molecule has 0 aliphatic heterocycles. The van der Waals surface area contributed by atoms with Crippen LogP contribution in [0, 0.1) is 0 Å². The van der Waals surface area contributed by atoms with Gasteiger partial charge in [0.1, 0.15) is 0 Å². The van der Waals surface area contributed by atoms with Crippen LogP contribution < -0.4 is 5.32 Å². The number of halogens is 4. The Bertz CT molecular complexity index is 1360. The van der Waals surface area contributed by atoms with Gasteiger partial charge in [-0.25, -0.2) is 0 Å². The number of aromatic nitrogens is 1. The quantitative estimate of drug-likeness (QED) is 0.297. The van der Waals surface area contributed by atoms with Gasteiger partial charge >= 0.3 is 6.18 Å². The molecule has 0 saturated heterocycles. The van der Waals surface area contributed by atoms with E-state index in [2.05, 4.69) is 5.32 Å². The number of alkyl halides is 3. The second-order valence-corrected chi connectivity index (χ2v) is 9.04. The fraction of sp³-hybridized carbons (Fsp3) is 0.179. The molecule has 4 aromatic rings. The summed E-state index contributed by atoms with van der Waals surface area (Å²) in [6.45, 7) is 1.22. The van der Waals surface area contributed by atoms with Gasteiger partial charge in [-0.2, -0.15) is 13.2 Å². The number of benzene rings is 3. The Kier molecular flexibility index (Phi) is 7.52. The summed E-state index contributed by atoms with van der Waals surface area (Å²) in [5.74, 6) is -0.208. The molecule has 3 aromatic carbocycles. The summed E-state index contributed by atoms with van der Waals surface area (Å²) in [5.41, 5.74) is 2.21. The number of amides is 1. The van der Waals surface area contributed by atoms with Gasteiger partial charge in [0.25, 0.3) is 5.91 Å². The Morgan fingerprint density at radius 3 is 2.19 bits per heavy atom. The van der Waals surface area contributed by atoms with Gasteiger partial charge in [-0.15, -0.1) is 0 Å². The SMILES string of the molecule is CN(C)CCNC(=O)c1ccc(-c2ccc(-c3cccc(Cl)c3)n2-c2ccccc2C(F)(F)F)cc1. The monoisotopic (exact) mass is 511 g/mol. The van der Waals surface area contributed by atoms with Gasteiger partial charge in [-0.3, -0.25) is 4.79 Å². The molecule has 1 aromatic heterocycles. The van der Waals surface area contributed by atoms with Crippen molar-refractivity contribution in [2.75, 3.05) is 27.2 Å². The molecular weight excluding hydrogens is 487 g/mol. The fourth-order valence-corrected chi connectivity index (χ4v) is 4.18. The highest BCUT2D eigenvalue weighted by atomic mass is 35.5. The van der Waals surface area contributed by atoms with Crippen LogP contribution >= 0.6 is 11.6 Å². The lowest BCUT2D eigenvalue weighted by Gasteiger charge is -2.19. The van der Waals surface area contributed by atoms with Crippen molar-refractivity contribution >= 4 is 17.5 Å². The fourth-order valence-electron chi connectivity index (χ4n) is 3.99. The van der Waals surface area contributed by atoms with Gasteiger partial charge in [0.05, 0.1) is 22.6 Å². The summed E-state index contributed by atoms with van der Waals surface area (Å²) in [4.78, 5) is 14.4. The molecule has 36 heavy (non-hydrogen) atoms. The Morgan fingerprint density at radius 2 is 1.56 bits per heavy atom. The summed E-state index contributed by atoms with van der Waals surface area (Å²) in [6, 6.07) is 22.8. The van der Waals surface area contributed by atoms with Crippen molar-refractivity contribution in [2.45, 2.75) is 6.18 Å². The van der Waals surface area contributed by atoms with E-state index in [-0.39, 0.29) is 11.6 Å². The standard InChI is InChI=1S/C28H25ClF3N3O/c1-34(2)17-16-33-27(36)20-12-10-19(11-13-20)24-14-15-25(21-6-5-7-22(29)18-21)35(24)26-9-4-3-8-23(26)28(30,31)32/h3-15,18H,16-17H2,1-2H3,(H,33,36). The Hall–Kier alpha value is -3.55. The first-order valence-electron chi connectivity index (χ1n) is 11.3. The van der Waals surface area contributed by atoms with Crippen LogP contribution in [0.4, 0.5) is 13.2 Å². The van der Waals surface area contributed by atoms with Crippen molar-refractivity contribution in [1.29, 1.82) is 0 Å². The number of hydrogen-bond donors (Lipinski definition) is 1. The molecule has 0 saturated carbocycles. The largest absolute Gasteiger partial charge is 0.418 e. The van der Waals surface area contributed by atoms with Crippen molar-refractivity contribution < 1.29 is 18.0 Å². The molecule has 4 rings (SSSR count). The summed E-state index contributed by atoms with van der Waals surface area (Å²) in [5, 5.41) is 3.34. The van der Waals surface area contributed by atoms with Crippen LogP contribution in [0.15, 0.2) is 84.9 Å². The molecule has 0 atom stereocenters. The highest BCUT2D eigenvalue weighted by molar-refractivity contribution is 6.30. The maximum absolute atomic E-state index is 14.0. The molecular formula is C28H25ClF3N3O. The number of rotatable bonds is 7. The van der Waals surface area contributed by atoms with Crippen molar-refractivity contribution in [3.63, 3.8) is 0 Å². The smallest absolute Gasteiger partial charge is 0.351 e. The molecule has 1 heterocycles. The van der Waals surface area contributed by atoms with Gasteiger partial charge in [0.2, 0.25) is 0 Å². The van der Waals surface area contributed by atoms with E-state index in [1.807, 2.05) is 19.0 Å². The zero-order chi connectivity index (χ0) is 25.9. The first-order valence-corrected chi connectivity index (χ1v) is 11.7. The van der Waals surface area contributed by atoms with Crippen molar-refractivity contribution in [1.82, 2.24) is 14.8 Å². The van der Waals surface area contributed by atoms with E-state index >= 15 is 0 Å². The maximum atomic E-state index is 14.0. The van der Waals surface area contributed by atoms with Crippen LogP contribution in [-0.4, -0.2) is 42.6 Å². The number of carbonyl (C=O) groups is 1. The molecule has 0 aliphatic carbocycles. The van der Waals surface area contributed by atoms with Crippen LogP contribution in [0.25, 0.3) is 28.2 Å². The molecule has 0 fully saturated rings. The van der Waals surface area contributed by atoms with E-state index in [0.29, 0.717) is 46.2 Å². The minimum atomic E-state index is -4.54. The van der Waals surface area contributed by atoms with Crippen molar-refractivity contribution in [2.24, 2.45) is 0 Å². The van der Waals surface area contributed by atoms with E-state index in [4.69, 9.17) is 11.6 Å². The van der Waals surface area contributed by atoms with Crippen LogP contribution in [0.1, 0.15) is 15.9 Å². The summed E-state index contributed by atoms with van der Waals surface area (Å²) < 4.78 is 43.5.